The Bertz CT molecular complexity index is 174. The lowest BCUT2D eigenvalue weighted by molar-refractivity contribution is 0.0146. The number of aliphatic hydroxyl groups is 1. The van der Waals surface area contributed by atoms with Crippen LogP contribution in [0.4, 0.5) is 4.79 Å². The van der Waals surface area contributed by atoms with Crippen molar-refractivity contribution in [1.29, 1.82) is 0 Å². The molecule has 1 rings (SSSR count). The van der Waals surface area contributed by atoms with Crippen LogP contribution in [0.1, 0.15) is 6.42 Å². The van der Waals surface area contributed by atoms with Crippen LogP contribution in [-0.2, 0) is 9.47 Å². The van der Waals surface area contributed by atoms with Crippen LogP contribution in [0, 0.1) is 0 Å². The first-order chi connectivity index (χ1) is 6.29. The second-order valence-corrected chi connectivity index (χ2v) is 2.95. The van der Waals surface area contributed by atoms with Crippen molar-refractivity contribution >= 4 is 6.09 Å². The minimum Gasteiger partial charge on any atom is -0.449 e. The summed E-state index contributed by atoms with van der Waals surface area (Å²) in [5.41, 5.74) is 0. The van der Waals surface area contributed by atoms with Crippen molar-refractivity contribution in [3.63, 3.8) is 0 Å². The van der Waals surface area contributed by atoms with Crippen LogP contribution in [0.25, 0.3) is 0 Å². The lowest BCUT2D eigenvalue weighted by Crippen LogP contribution is -2.48. The Balaban J connectivity index is 2.49. The smallest absolute Gasteiger partial charge is 0.410 e. The quantitative estimate of drug-likeness (QED) is 0.667. The second-order valence-electron chi connectivity index (χ2n) is 2.95. The van der Waals surface area contributed by atoms with Crippen molar-refractivity contribution < 1.29 is 19.4 Å². The molecule has 0 bridgehead atoms. The summed E-state index contributed by atoms with van der Waals surface area (Å²) in [7, 11) is 1.54. The highest BCUT2D eigenvalue weighted by Gasteiger charge is 2.26. The molecule has 0 saturated carbocycles. The molecular formula is C8H15NO4. The summed E-state index contributed by atoms with van der Waals surface area (Å²) in [5.74, 6) is 0. The lowest BCUT2D eigenvalue weighted by atomic mass is 10.2. The van der Waals surface area contributed by atoms with Crippen molar-refractivity contribution in [2.24, 2.45) is 0 Å². The zero-order chi connectivity index (χ0) is 9.68. The maximum atomic E-state index is 11.2. The molecule has 5 heteroatoms. The summed E-state index contributed by atoms with van der Waals surface area (Å²) in [6.45, 7) is 1.35. The zero-order valence-electron chi connectivity index (χ0n) is 7.73. The van der Waals surface area contributed by atoms with Crippen LogP contribution < -0.4 is 0 Å². The molecule has 0 aromatic rings. The van der Waals surface area contributed by atoms with E-state index in [4.69, 9.17) is 14.6 Å². The molecule has 1 aliphatic heterocycles. The molecule has 5 nitrogen and oxygen atoms in total. The Hall–Kier alpha value is -0.810. The monoisotopic (exact) mass is 189 g/mol. The third-order valence-corrected chi connectivity index (χ3v) is 2.01. The number of carbonyl (C=O) groups excluding carboxylic acids is 1. The van der Waals surface area contributed by atoms with E-state index in [0.29, 0.717) is 19.8 Å². The van der Waals surface area contributed by atoms with Gasteiger partial charge in [0.2, 0.25) is 0 Å². The fraction of sp³-hybridized carbons (Fsp3) is 0.875. The van der Waals surface area contributed by atoms with Gasteiger partial charge in [-0.1, -0.05) is 0 Å². The van der Waals surface area contributed by atoms with Crippen LogP contribution in [0.3, 0.4) is 0 Å². The molecule has 1 N–H and O–H groups in total. The molecule has 1 fully saturated rings. The number of amides is 1. The Morgan fingerprint density at radius 3 is 3.08 bits per heavy atom. The summed E-state index contributed by atoms with van der Waals surface area (Å²) < 4.78 is 9.73. The summed E-state index contributed by atoms with van der Waals surface area (Å²) in [4.78, 5) is 12.7. The zero-order valence-corrected chi connectivity index (χ0v) is 7.73. The maximum absolute atomic E-state index is 11.2. The Morgan fingerprint density at radius 1 is 1.77 bits per heavy atom. The van der Waals surface area contributed by atoms with Crippen LogP contribution in [0.15, 0.2) is 0 Å². The normalized spacial score (nSPS) is 19.8. The Labute approximate surface area is 77.2 Å². The molecule has 0 spiro atoms. The third-order valence-electron chi connectivity index (χ3n) is 2.01. The van der Waals surface area contributed by atoms with E-state index >= 15 is 0 Å². The minimum atomic E-state index is -0.359. The van der Waals surface area contributed by atoms with E-state index in [1.165, 1.54) is 12.0 Å². The van der Waals surface area contributed by atoms with E-state index in [1.54, 1.807) is 0 Å². The van der Waals surface area contributed by atoms with Crippen molar-refractivity contribution in [2.45, 2.75) is 12.5 Å². The molecule has 13 heavy (non-hydrogen) atoms. The number of carbonyl (C=O) groups is 1. The van der Waals surface area contributed by atoms with Crippen molar-refractivity contribution in [2.75, 3.05) is 33.5 Å². The predicted molar refractivity (Wildman–Crippen MR) is 45.4 cm³/mol. The lowest BCUT2D eigenvalue weighted by Gasteiger charge is -2.32. The summed E-state index contributed by atoms with van der Waals surface area (Å²) in [6, 6.07) is -0.280. The van der Waals surface area contributed by atoms with Gasteiger partial charge in [0.15, 0.2) is 0 Å². The highest BCUT2D eigenvalue weighted by atomic mass is 16.6. The molecule has 1 amide bonds. The average molecular weight is 189 g/mol. The molecule has 0 radical (unpaired) electrons. The van der Waals surface area contributed by atoms with Crippen LogP contribution in [-0.4, -0.2) is 55.6 Å². The number of methoxy groups -OCH3 is 1. The fourth-order valence-electron chi connectivity index (χ4n) is 1.33. The Morgan fingerprint density at radius 2 is 2.54 bits per heavy atom. The van der Waals surface area contributed by atoms with E-state index in [0.717, 1.165) is 6.42 Å². The van der Waals surface area contributed by atoms with Gasteiger partial charge in [0.1, 0.15) is 0 Å². The molecular weight excluding hydrogens is 174 g/mol. The number of rotatable bonds is 4. The number of ether oxygens (including phenoxy) is 2. The molecule has 0 aromatic heterocycles. The van der Waals surface area contributed by atoms with Crippen molar-refractivity contribution in [1.82, 2.24) is 4.90 Å². The number of hydrogen-bond donors (Lipinski definition) is 1. The van der Waals surface area contributed by atoms with Gasteiger partial charge in [0, 0.05) is 13.7 Å². The first kappa shape index (κ1) is 10.3. The van der Waals surface area contributed by atoms with Crippen molar-refractivity contribution in [3.05, 3.63) is 0 Å². The van der Waals surface area contributed by atoms with Crippen LogP contribution >= 0.6 is 0 Å². The summed E-state index contributed by atoms with van der Waals surface area (Å²) in [5, 5.41) is 9.00. The van der Waals surface area contributed by atoms with Gasteiger partial charge in [0.05, 0.1) is 25.9 Å². The first-order valence-electron chi connectivity index (χ1n) is 4.32. The minimum absolute atomic E-state index is 0.0943. The molecule has 1 heterocycles. The van der Waals surface area contributed by atoms with Gasteiger partial charge >= 0.3 is 6.09 Å². The molecule has 1 atom stereocenters. The van der Waals surface area contributed by atoms with Gasteiger partial charge in [-0.15, -0.1) is 0 Å². The molecule has 1 unspecified atom stereocenters. The summed E-state index contributed by atoms with van der Waals surface area (Å²) in [6.07, 6.45) is 0.453. The molecule has 1 saturated heterocycles. The van der Waals surface area contributed by atoms with Gasteiger partial charge in [-0.3, -0.25) is 0 Å². The largest absolute Gasteiger partial charge is 0.449 e. The van der Waals surface area contributed by atoms with Crippen LogP contribution in [0.5, 0.6) is 0 Å². The summed E-state index contributed by atoms with van der Waals surface area (Å²) >= 11 is 0. The van der Waals surface area contributed by atoms with Gasteiger partial charge < -0.3 is 19.5 Å². The third kappa shape index (κ3) is 2.57. The highest BCUT2D eigenvalue weighted by molar-refractivity contribution is 5.68. The van der Waals surface area contributed by atoms with Crippen LogP contribution in [0.2, 0.25) is 0 Å². The average Bonchev–Trinajstić information content (AvgIpc) is 2.16. The molecule has 0 aliphatic carbocycles. The van der Waals surface area contributed by atoms with Crippen molar-refractivity contribution in [3.8, 4) is 0 Å². The topological polar surface area (TPSA) is 59.0 Å². The van der Waals surface area contributed by atoms with E-state index in [2.05, 4.69) is 0 Å². The van der Waals surface area contributed by atoms with E-state index in [-0.39, 0.29) is 18.7 Å². The SMILES string of the molecule is COCC(CO)N1CCCOC1=O. The molecule has 0 aromatic carbocycles. The Kier molecular flexibility index (Phi) is 3.98. The van der Waals surface area contributed by atoms with Gasteiger partial charge in [-0.05, 0) is 6.42 Å². The highest BCUT2D eigenvalue weighted by Crippen LogP contribution is 2.09. The molecule has 76 valence electrons. The predicted octanol–water partition coefficient (Wildman–Crippen LogP) is -0.164. The second kappa shape index (κ2) is 5.04. The first-order valence-corrected chi connectivity index (χ1v) is 4.32. The van der Waals surface area contributed by atoms with E-state index in [1.807, 2.05) is 0 Å². The standard InChI is InChI=1S/C8H15NO4/c1-12-6-7(5-10)9-3-2-4-13-8(9)11/h7,10H,2-6H2,1H3. The van der Waals surface area contributed by atoms with E-state index in [9.17, 15) is 4.79 Å². The number of hydrogen-bond acceptors (Lipinski definition) is 4. The number of aliphatic hydroxyl groups excluding tert-OH is 1. The van der Waals surface area contributed by atoms with Gasteiger partial charge in [0.25, 0.3) is 0 Å². The van der Waals surface area contributed by atoms with Gasteiger partial charge in [-0.2, -0.15) is 0 Å². The molecule has 1 aliphatic rings. The van der Waals surface area contributed by atoms with E-state index < -0.39 is 0 Å². The fourth-order valence-corrected chi connectivity index (χ4v) is 1.33. The number of nitrogens with zero attached hydrogens (tertiary/aromatic N) is 1. The van der Waals surface area contributed by atoms with Gasteiger partial charge in [-0.25, -0.2) is 4.79 Å². The number of cyclic esters (lactones) is 1. The maximum Gasteiger partial charge on any atom is 0.410 e.